The van der Waals surface area contributed by atoms with E-state index < -0.39 is 36.8 Å². The largest absolute Gasteiger partial charge is 0.455 e. The van der Waals surface area contributed by atoms with Crippen molar-refractivity contribution in [3.05, 3.63) is 52.0 Å². The van der Waals surface area contributed by atoms with E-state index in [2.05, 4.69) is 29.5 Å². The molecule has 2 unspecified atom stereocenters. The molecule has 2 heterocycles. The van der Waals surface area contributed by atoms with Crippen LogP contribution < -0.4 is 10.6 Å². The van der Waals surface area contributed by atoms with E-state index in [1.165, 1.54) is 23.2 Å². The van der Waals surface area contributed by atoms with Crippen LogP contribution in [0.3, 0.4) is 0 Å². The molecule has 3 amide bonds. The number of carbonyl (C=O) groups excluding carboxylic acids is 4. The number of rotatable bonds is 18. The van der Waals surface area contributed by atoms with Gasteiger partial charge in [0.05, 0.1) is 7.41 Å². The number of aliphatic hydroxyl groups excluding tert-OH is 1. The molecule has 6 atom stereocenters. The molecule has 0 bridgehead atoms. The van der Waals surface area contributed by atoms with Gasteiger partial charge in [0.1, 0.15) is 23.5 Å². The van der Waals surface area contributed by atoms with Crippen LogP contribution in [-0.4, -0.2) is 88.1 Å². The third kappa shape index (κ3) is 11.9. The summed E-state index contributed by atoms with van der Waals surface area (Å²) in [4.78, 5) is 61.5. The van der Waals surface area contributed by atoms with Crippen LogP contribution in [-0.2, 0) is 25.5 Å². The van der Waals surface area contributed by atoms with Crippen LogP contribution in [0, 0.1) is 17.8 Å². The first-order chi connectivity index (χ1) is 24.1. The number of esters is 1. The molecule has 1 aromatic carbocycles. The Hall–Kier alpha value is -3.35. The van der Waals surface area contributed by atoms with E-state index in [0.29, 0.717) is 29.8 Å². The average molecular weight is 716 g/mol. The minimum Gasteiger partial charge on any atom is -0.455 e. The van der Waals surface area contributed by atoms with Crippen molar-refractivity contribution in [1.29, 1.82) is 0 Å². The maximum atomic E-state index is 14.2. The summed E-state index contributed by atoms with van der Waals surface area (Å²) in [6.07, 6.45) is 3.93. The number of aromatic nitrogens is 1. The summed E-state index contributed by atoms with van der Waals surface area (Å²) >= 11 is 1.20. The van der Waals surface area contributed by atoms with Gasteiger partial charge in [-0.05, 0) is 62.6 Å². The fraction of sp³-hybridized carbons (Fsp3) is 0.658. The third-order valence-corrected chi connectivity index (χ3v) is 10.5. The zero-order valence-corrected chi connectivity index (χ0v) is 31.9. The average Bonchev–Trinajstić information content (AvgIpc) is 3.57. The van der Waals surface area contributed by atoms with Crippen molar-refractivity contribution in [2.75, 3.05) is 20.3 Å². The number of aliphatic hydroxyl groups is 1. The van der Waals surface area contributed by atoms with Crippen molar-refractivity contribution in [1.82, 2.24) is 25.4 Å². The minimum absolute atomic E-state index is 0.132. The van der Waals surface area contributed by atoms with Gasteiger partial charge in [0, 0.05) is 30.8 Å². The molecule has 278 valence electrons. The van der Waals surface area contributed by atoms with Crippen LogP contribution in [0.25, 0.3) is 0 Å². The molecule has 0 radical (unpaired) electrons. The van der Waals surface area contributed by atoms with Gasteiger partial charge in [0.25, 0.3) is 5.91 Å². The van der Waals surface area contributed by atoms with E-state index in [0.717, 1.165) is 37.8 Å². The molecule has 0 aliphatic carbocycles. The van der Waals surface area contributed by atoms with E-state index in [4.69, 9.17) is 6.11 Å². The van der Waals surface area contributed by atoms with E-state index in [-0.39, 0.29) is 47.8 Å². The quantitative estimate of drug-likeness (QED) is 0.139. The number of hydrogen-bond acceptors (Lipinski definition) is 9. The molecule has 1 saturated heterocycles. The minimum atomic E-state index is -0.884. The van der Waals surface area contributed by atoms with Gasteiger partial charge < -0.3 is 25.4 Å². The Morgan fingerprint density at radius 2 is 1.82 bits per heavy atom. The number of hydrogen-bond donors (Lipinski definition) is 3. The number of likely N-dealkylation sites (N-methyl/N-ethyl adjacent to an activating group) is 1. The lowest BCUT2D eigenvalue weighted by Crippen LogP contribution is -2.59. The SMILES string of the molecule is [3H]c1ccc(C[C@@H](CC(C)C)NC(=O)c2csc([C@@H](C[C@H](C(C)C)N(CO)C(=O)[C@@H](NC(=O)C3CCCCN3C)C(C)CC)OC(C)=O)n2)cc1. The van der Waals surface area contributed by atoms with Gasteiger partial charge in [0.15, 0.2) is 6.10 Å². The Labute approximate surface area is 304 Å². The van der Waals surface area contributed by atoms with Crippen molar-refractivity contribution in [2.24, 2.45) is 17.8 Å². The number of nitrogens with one attached hydrogen (secondary N) is 2. The van der Waals surface area contributed by atoms with Gasteiger partial charge in [-0.1, -0.05) is 84.7 Å². The molecule has 3 rings (SSSR count). The first-order valence-electron chi connectivity index (χ1n) is 18.6. The predicted octanol–water partition coefficient (Wildman–Crippen LogP) is 5.34. The zero-order valence-electron chi connectivity index (χ0n) is 32.1. The second-order valence-electron chi connectivity index (χ2n) is 14.4. The number of piperidine rings is 1. The molecule has 1 aliphatic heterocycles. The molecule has 12 heteroatoms. The van der Waals surface area contributed by atoms with Crippen molar-refractivity contribution in [3.8, 4) is 0 Å². The van der Waals surface area contributed by atoms with Gasteiger partial charge in [-0.25, -0.2) is 4.98 Å². The van der Waals surface area contributed by atoms with Crippen molar-refractivity contribution < 1.29 is 30.4 Å². The van der Waals surface area contributed by atoms with Crippen LogP contribution in [0.15, 0.2) is 35.7 Å². The summed E-state index contributed by atoms with van der Waals surface area (Å²) in [6.45, 7) is 13.4. The molecule has 2 aromatic rings. The standard InChI is InChI=1S/C38H59N5O6S/c1-9-26(6)34(41-36(47)31-17-13-14-18-42(31)8)38(48)43(23-44)32(25(4)5)21-33(49-27(7)45)37-40-30(22-50-37)35(46)39-29(19-24(2)3)20-28-15-11-10-12-16-28/h10-12,15-16,22,24-26,29,31-34,44H,9,13-14,17-21,23H2,1-8H3,(H,39,46)(H,41,47)/t26?,29-,31?,32-,33-,34+/m1/s1/i10T. The van der Waals surface area contributed by atoms with Gasteiger partial charge in [-0.15, -0.1) is 11.3 Å². The normalized spacial score (nSPS) is 18.5. The number of thiazole rings is 1. The highest BCUT2D eigenvalue weighted by molar-refractivity contribution is 7.09. The zero-order chi connectivity index (χ0) is 37.8. The van der Waals surface area contributed by atoms with Crippen molar-refractivity contribution in [2.45, 2.75) is 124 Å². The van der Waals surface area contributed by atoms with Crippen molar-refractivity contribution >= 4 is 35.0 Å². The van der Waals surface area contributed by atoms with E-state index >= 15 is 0 Å². The first kappa shape index (κ1) is 39.4. The number of benzene rings is 1. The Balaban J connectivity index is 1.83. The second-order valence-corrected chi connectivity index (χ2v) is 15.3. The molecule has 0 saturated carbocycles. The highest BCUT2D eigenvalue weighted by atomic mass is 32.1. The summed E-state index contributed by atoms with van der Waals surface area (Å²) in [6, 6.07) is 5.78. The fourth-order valence-corrected chi connectivity index (χ4v) is 7.48. The second kappa shape index (κ2) is 19.9. The van der Waals surface area contributed by atoms with Crippen LogP contribution >= 0.6 is 11.3 Å². The molecule has 0 spiro atoms. The molecule has 1 fully saturated rings. The smallest absolute Gasteiger partial charge is 0.303 e. The van der Waals surface area contributed by atoms with Crippen LogP contribution in [0.1, 0.15) is 116 Å². The Morgan fingerprint density at radius 3 is 2.40 bits per heavy atom. The Kier molecular flexibility index (Phi) is 15.7. The van der Waals surface area contributed by atoms with Gasteiger partial charge >= 0.3 is 5.97 Å². The highest BCUT2D eigenvalue weighted by Gasteiger charge is 2.38. The summed E-state index contributed by atoms with van der Waals surface area (Å²) in [5.41, 5.74) is 1.22. The lowest BCUT2D eigenvalue weighted by Gasteiger charge is -2.39. The van der Waals surface area contributed by atoms with Crippen LogP contribution in [0.4, 0.5) is 0 Å². The maximum absolute atomic E-state index is 14.2. The number of carbonyl (C=O) groups is 4. The van der Waals surface area contributed by atoms with Crippen LogP contribution in [0.2, 0.25) is 0 Å². The predicted molar refractivity (Wildman–Crippen MR) is 196 cm³/mol. The molecule has 3 N–H and O–H groups in total. The van der Waals surface area contributed by atoms with Crippen LogP contribution in [0.5, 0.6) is 0 Å². The van der Waals surface area contributed by atoms with E-state index in [1.807, 2.05) is 51.8 Å². The number of nitrogens with zero attached hydrogens (tertiary/aromatic N) is 3. The lowest BCUT2D eigenvalue weighted by atomic mass is 9.92. The maximum Gasteiger partial charge on any atom is 0.303 e. The summed E-state index contributed by atoms with van der Waals surface area (Å²) in [5, 5.41) is 18.8. The third-order valence-electron chi connectivity index (χ3n) is 9.61. The topological polar surface area (TPSA) is 141 Å². The monoisotopic (exact) mass is 715 g/mol. The fourth-order valence-electron chi connectivity index (χ4n) is 6.64. The number of amides is 3. The molecule has 11 nitrogen and oxygen atoms in total. The Morgan fingerprint density at radius 1 is 1.12 bits per heavy atom. The summed E-state index contributed by atoms with van der Waals surface area (Å²) < 4.78 is 13.5. The molecule has 50 heavy (non-hydrogen) atoms. The molecule has 1 aromatic heterocycles. The van der Waals surface area contributed by atoms with Gasteiger partial charge in [0.2, 0.25) is 11.8 Å². The lowest BCUT2D eigenvalue weighted by molar-refractivity contribution is -0.151. The number of ether oxygens (including phenoxy) is 1. The van der Waals surface area contributed by atoms with Gasteiger partial charge in [-0.3, -0.25) is 24.1 Å². The highest BCUT2D eigenvalue weighted by Crippen LogP contribution is 2.31. The van der Waals surface area contributed by atoms with Crippen molar-refractivity contribution in [3.63, 3.8) is 0 Å². The first-order valence-corrected chi connectivity index (χ1v) is 18.9. The summed E-state index contributed by atoms with van der Waals surface area (Å²) in [7, 11) is 1.92. The summed E-state index contributed by atoms with van der Waals surface area (Å²) in [5.74, 6) is -1.50. The van der Waals surface area contributed by atoms with E-state index in [9.17, 15) is 24.3 Å². The molecule has 1 aliphatic rings. The number of likely N-dealkylation sites (tertiary alicyclic amines) is 1. The Bertz CT molecular complexity index is 1440. The molecular formula is C38H59N5O6S. The molecular weight excluding hydrogens is 655 g/mol. The van der Waals surface area contributed by atoms with E-state index in [1.54, 1.807) is 17.5 Å². The van der Waals surface area contributed by atoms with Gasteiger partial charge in [-0.2, -0.15) is 0 Å².